The number of nitrogen functional groups attached to an aromatic ring is 1. The van der Waals surface area contributed by atoms with Gasteiger partial charge in [-0.1, -0.05) is 16.8 Å². The summed E-state index contributed by atoms with van der Waals surface area (Å²) < 4.78 is 15.9. The van der Waals surface area contributed by atoms with Gasteiger partial charge < -0.3 is 19.7 Å². The Labute approximate surface area is 108 Å². The van der Waals surface area contributed by atoms with Crippen molar-refractivity contribution in [1.29, 1.82) is 0 Å². The third-order valence-electron chi connectivity index (χ3n) is 2.76. The molecule has 0 amide bonds. The average Bonchev–Trinajstić information content (AvgIpc) is 2.76. The summed E-state index contributed by atoms with van der Waals surface area (Å²) in [5.41, 5.74) is 7.80. The molecule has 1 aliphatic rings. The van der Waals surface area contributed by atoms with Gasteiger partial charge in [-0.05, 0) is 18.6 Å². The van der Waals surface area contributed by atoms with E-state index in [0.29, 0.717) is 35.4 Å². The van der Waals surface area contributed by atoms with Crippen molar-refractivity contribution in [3.8, 4) is 22.8 Å². The number of benzene rings is 1. The number of hydrogen-bond acceptors (Lipinski definition) is 5. The van der Waals surface area contributed by atoms with E-state index in [9.17, 15) is 0 Å². The minimum atomic E-state index is 0.246. The van der Waals surface area contributed by atoms with E-state index in [0.717, 1.165) is 11.1 Å². The highest BCUT2D eigenvalue weighted by Gasteiger charge is 2.22. The monoisotopic (exact) mass is 266 g/mol. The lowest BCUT2D eigenvalue weighted by Gasteiger charge is -2.21. The van der Waals surface area contributed by atoms with Crippen molar-refractivity contribution in [3.63, 3.8) is 0 Å². The largest absolute Gasteiger partial charge is 0.486 e. The number of rotatable bonds is 1. The van der Waals surface area contributed by atoms with E-state index < -0.39 is 0 Å². The third-order valence-corrected chi connectivity index (χ3v) is 3.12. The quantitative estimate of drug-likeness (QED) is 0.859. The maximum absolute atomic E-state index is 6.35. The number of nitrogens with zero attached hydrogens (tertiary/aromatic N) is 1. The van der Waals surface area contributed by atoms with Crippen molar-refractivity contribution in [1.82, 2.24) is 5.16 Å². The molecular weight excluding hydrogens is 256 g/mol. The van der Waals surface area contributed by atoms with Crippen LogP contribution in [0.2, 0.25) is 5.02 Å². The van der Waals surface area contributed by atoms with E-state index in [1.165, 1.54) is 0 Å². The van der Waals surface area contributed by atoms with Crippen molar-refractivity contribution in [3.05, 3.63) is 22.7 Å². The molecule has 0 aliphatic carbocycles. The van der Waals surface area contributed by atoms with Gasteiger partial charge in [-0.2, -0.15) is 0 Å². The van der Waals surface area contributed by atoms with Gasteiger partial charge in [0.25, 0.3) is 0 Å². The van der Waals surface area contributed by atoms with Gasteiger partial charge in [0.15, 0.2) is 11.5 Å². The molecule has 94 valence electrons. The number of aryl methyl sites for hydroxylation is 1. The van der Waals surface area contributed by atoms with E-state index in [1.807, 2.05) is 13.0 Å². The van der Waals surface area contributed by atoms with Crippen LogP contribution in [0.5, 0.6) is 11.5 Å². The van der Waals surface area contributed by atoms with Gasteiger partial charge in [0.05, 0.1) is 5.02 Å². The predicted molar refractivity (Wildman–Crippen MR) is 67.1 cm³/mol. The molecule has 2 aromatic rings. The SMILES string of the molecule is Cc1cc2c(c(Cl)c1-c1cc(N)on1)OCCO2. The summed E-state index contributed by atoms with van der Waals surface area (Å²) in [5, 5.41) is 4.35. The second-order valence-corrected chi connectivity index (χ2v) is 4.40. The van der Waals surface area contributed by atoms with Gasteiger partial charge in [0.1, 0.15) is 18.9 Å². The van der Waals surface area contributed by atoms with Crippen molar-refractivity contribution in [2.45, 2.75) is 6.92 Å². The van der Waals surface area contributed by atoms with Gasteiger partial charge >= 0.3 is 0 Å². The van der Waals surface area contributed by atoms with Gasteiger partial charge in [-0.15, -0.1) is 0 Å². The molecule has 1 aliphatic heterocycles. The molecule has 0 atom stereocenters. The van der Waals surface area contributed by atoms with Crippen LogP contribution in [-0.4, -0.2) is 18.4 Å². The molecule has 5 nitrogen and oxygen atoms in total. The summed E-state index contributed by atoms with van der Waals surface area (Å²) in [5.74, 6) is 1.45. The molecule has 0 saturated heterocycles. The van der Waals surface area contributed by atoms with E-state index in [1.54, 1.807) is 6.07 Å². The molecular formula is C12H11ClN2O3. The van der Waals surface area contributed by atoms with Crippen molar-refractivity contribution in [2.75, 3.05) is 18.9 Å². The maximum Gasteiger partial charge on any atom is 0.222 e. The number of anilines is 1. The Morgan fingerprint density at radius 1 is 1.28 bits per heavy atom. The second-order valence-electron chi connectivity index (χ2n) is 4.02. The van der Waals surface area contributed by atoms with Crippen molar-refractivity contribution >= 4 is 17.5 Å². The fourth-order valence-corrected chi connectivity index (χ4v) is 2.38. The predicted octanol–water partition coefficient (Wildman–Crippen LogP) is 2.66. The molecule has 18 heavy (non-hydrogen) atoms. The molecule has 0 saturated carbocycles. The fourth-order valence-electron chi connectivity index (χ4n) is 1.99. The molecule has 2 heterocycles. The lowest BCUT2D eigenvalue weighted by Crippen LogP contribution is -2.16. The van der Waals surface area contributed by atoms with Crippen LogP contribution < -0.4 is 15.2 Å². The molecule has 0 fully saturated rings. The lowest BCUT2D eigenvalue weighted by atomic mass is 10.0. The summed E-state index contributed by atoms with van der Waals surface area (Å²) in [7, 11) is 0. The first-order valence-electron chi connectivity index (χ1n) is 5.48. The van der Waals surface area contributed by atoms with E-state index in [2.05, 4.69) is 5.16 Å². The first kappa shape index (κ1) is 11.2. The molecule has 6 heteroatoms. The molecule has 3 rings (SSSR count). The number of hydrogen-bond donors (Lipinski definition) is 1. The summed E-state index contributed by atoms with van der Waals surface area (Å²) in [4.78, 5) is 0. The Morgan fingerprint density at radius 2 is 2.06 bits per heavy atom. The van der Waals surface area contributed by atoms with Crippen LogP contribution in [0.25, 0.3) is 11.3 Å². The minimum Gasteiger partial charge on any atom is -0.486 e. The molecule has 0 spiro atoms. The van der Waals surface area contributed by atoms with Crippen LogP contribution >= 0.6 is 11.6 Å². The summed E-state index contributed by atoms with van der Waals surface area (Å²) >= 11 is 6.35. The van der Waals surface area contributed by atoms with Crippen LogP contribution in [0.15, 0.2) is 16.7 Å². The first-order chi connectivity index (χ1) is 8.66. The van der Waals surface area contributed by atoms with Crippen LogP contribution in [0.3, 0.4) is 0 Å². The summed E-state index contributed by atoms with van der Waals surface area (Å²) in [6.45, 7) is 2.93. The normalized spacial score (nSPS) is 13.7. The van der Waals surface area contributed by atoms with Crippen LogP contribution in [-0.2, 0) is 0 Å². The van der Waals surface area contributed by atoms with Gasteiger partial charge in [0.2, 0.25) is 5.88 Å². The zero-order valence-electron chi connectivity index (χ0n) is 9.70. The van der Waals surface area contributed by atoms with Crippen molar-refractivity contribution in [2.24, 2.45) is 0 Å². The highest BCUT2D eigenvalue weighted by atomic mass is 35.5. The Kier molecular flexibility index (Phi) is 2.56. The highest BCUT2D eigenvalue weighted by Crippen LogP contribution is 2.45. The van der Waals surface area contributed by atoms with E-state index in [-0.39, 0.29) is 5.88 Å². The molecule has 1 aromatic heterocycles. The number of ether oxygens (including phenoxy) is 2. The van der Waals surface area contributed by atoms with Crippen molar-refractivity contribution < 1.29 is 14.0 Å². The number of fused-ring (bicyclic) bond motifs is 1. The van der Waals surface area contributed by atoms with Crippen LogP contribution in [0, 0.1) is 6.92 Å². The zero-order chi connectivity index (χ0) is 12.7. The summed E-state index contributed by atoms with van der Waals surface area (Å²) in [6.07, 6.45) is 0. The standard InChI is InChI=1S/C12H11ClN2O3/c1-6-4-8-12(17-3-2-16-8)11(13)10(6)7-5-9(14)18-15-7/h4-5H,2-3,14H2,1H3. The molecule has 1 aromatic carbocycles. The Balaban J connectivity index is 2.20. The fraction of sp³-hybridized carbons (Fsp3) is 0.250. The minimum absolute atomic E-state index is 0.246. The second kappa shape index (κ2) is 4.10. The van der Waals surface area contributed by atoms with E-state index in [4.69, 9.17) is 31.3 Å². The molecule has 2 N–H and O–H groups in total. The topological polar surface area (TPSA) is 70.5 Å². The smallest absolute Gasteiger partial charge is 0.222 e. The summed E-state index contributed by atoms with van der Waals surface area (Å²) in [6, 6.07) is 3.50. The number of nitrogens with two attached hydrogens (primary N) is 1. The Hall–Kier alpha value is -1.88. The Morgan fingerprint density at radius 3 is 2.78 bits per heavy atom. The molecule has 0 bridgehead atoms. The van der Waals surface area contributed by atoms with E-state index >= 15 is 0 Å². The molecule has 0 radical (unpaired) electrons. The third kappa shape index (κ3) is 1.67. The van der Waals surface area contributed by atoms with Crippen LogP contribution in [0.4, 0.5) is 5.88 Å². The Bertz CT molecular complexity index is 610. The zero-order valence-corrected chi connectivity index (χ0v) is 10.5. The van der Waals surface area contributed by atoms with Gasteiger partial charge in [0, 0.05) is 11.6 Å². The van der Waals surface area contributed by atoms with Gasteiger partial charge in [-0.25, -0.2) is 0 Å². The molecule has 0 unspecified atom stereocenters. The number of aromatic nitrogens is 1. The van der Waals surface area contributed by atoms with Crippen LogP contribution in [0.1, 0.15) is 5.56 Å². The van der Waals surface area contributed by atoms with Gasteiger partial charge in [-0.3, -0.25) is 0 Å². The number of halogens is 1. The average molecular weight is 267 g/mol. The lowest BCUT2D eigenvalue weighted by molar-refractivity contribution is 0.171. The maximum atomic E-state index is 6.35. The highest BCUT2D eigenvalue weighted by molar-refractivity contribution is 6.35. The first-order valence-corrected chi connectivity index (χ1v) is 5.86.